The molecule has 1 atom stereocenters. The van der Waals surface area contributed by atoms with Crippen LogP contribution in [0.5, 0.6) is 0 Å². The maximum absolute atomic E-state index is 11.1. The lowest BCUT2D eigenvalue weighted by molar-refractivity contribution is -0.274. The Hall–Kier alpha value is -0.250. The molecule has 0 N–H and O–H groups in total. The van der Waals surface area contributed by atoms with Crippen molar-refractivity contribution in [3.8, 4) is 0 Å². The van der Waals surface area contributed by atoms with Crippen molar-refractivity contribution < 1.29 is 18.3 Å². The predicted molar refractivity (Wildman–Crippen MR) is 16.2 cm³/mol. The third-order valence-corrected chi connectivity index (χ3v) is 0.463. The molecule has 0 saturated carbocycles. The van der Waals surface area contributed by atoms with E-state index in [9.17, 15) is 13.2 Å². The Kier molecular flexibility index (Phi) is 1.63. The Labute approximate surface area is 38.8 Å². The van der Waals surface area contributed by atoms with Crippen LogP contribution in [-0.4, -0.2) is 12.3 Å². The standard InChI is InChI=1S/C3H4F3O/c1-2(4)3(5,6)7/h2H,1H3. The first-order chi connectivity index (χ1) is 2.94. The van der Waals surface area contributed by atoms with Gasteiger partial charge >= 0.3 is 6.11 Å². The Morgan fingerprint density at radius 1 is 1.57 bits per heavy atom. The van der Waals surface area contributed by atoms with E-state index in [1.54, 1.807) is 0 Å². The van der Waals surface area contributed by atoms with Gasteiger partial charge in [-0.1, -0.05) is 0 Å². The van der Waals surface area contributed by atoms with Crippen LogP contribution >= 0.6 is 0 Å². The zero-order valence-corrected chi connectivity index (χ0v) is 3.62. The fourth-order valence-corrected chi connectivity index (χ4v) is 0. The van der Waals surface area contributed by atoms with Crippen molar-refractivity contribution in [1.29, 1.82) is 0 Å². The zero-order chi connectivity index (χ0) is 6.08. The summed E-state index contributed by atoms with van der Waals surface area (Å²) in [5.41, 5.74) is 0. The van der Waals surface area contributed by atoms with E-state index < -0.39 is 12.3 Å². The minimum Gasteiger partial charge on any atom is -0.238 e. The van der Waals surface area contributed by atoms with E-state index in [1.165, 1.54) is 0 Å². The minimum atomic E-state index is -4.42. The Balaban J connectivity index is 3.54. The Morgan fingerprint density at radius 3 is 1.71 bits per heavy atom. The lowest BCUT2D eigenvalue weighted by Crippen LogP contribution is -2.24. The SMILES string of the molecule is CC(F)C([O])(F)F. The minimum absolute atomic E-state index is 0.521. The second-order valence-electron chi connectivity index (χ2n) is 1.18. The molecule has 0 amide bonds. The van der Waals surface area contributed by atoms with Crippen molar-refractivity contribution in [2.24, 2.45) is 0 Å². The van der Waals surface area contributed by atoms with Crippen LogP contribution in [-0.2, 0) is 5.11 Å². The summed E-state index contributed by atoms with van der Waals surface area (Å²) in [6.07, 6.45) is -7.01. The zero-order valence-electron chi connectivity index (χ0n) is 3.62. The average Bonchev–Trinajstić information content (AvgIpc) is 1.31. The van der Waals surface area contributed by atoms with Crippen LogP contribution in [0.15, 0.2) is 0 Å². The highest BCUT2D eigenvalue weighted by Crippen LogP contribution is 2.16. The van der Waals surface area contributed by atoms with E-state index in [1.807, 2.05) is 0 Å². The third kappa shape index (κ3) is 2.45. The summed E-state index contributed by atoms with van der Waals surface area (Å²) >= 11 is 0. The molecule has 7 heavy (non-hydrogen) atoms. The first-order valence-electron chi connectivity index (χ1n) is 1.67. The summed E-state index contributed by atoms with van der Waals surface area (Å²) in [4.78, 5) is 0. The van der Waals surface area contributed by atoms with Crippen LogP contribution in [0.4, 0.5) is 13.2 Å². The van der Waals surface area contributed by atoms with Crippen molar-refractivity contribution in [2.45, 2.75) is 19.2 Å². The van der Waals surface area contributed by atoms with Gasteiger partial charge in [0.1, 0.15) is 0 Å². The van der Waals surface area contributed by atoms with Gasteiger partial charge in [0.05, 0.1) is 0 Å². The Bertz CT molecular complexity index is 55.7. The molecule has 0 fully saturated rings. The third-order valence-electron chi connectivity index (χ3n) is 0.463. The molecule has 0 spiro atoms. The number of hydrogen-bond donors (Lipinski definition) is 0. The first-order valence-corrected chi connectivity index (χ1v) is 1.67. The molecular formula is C3H4F3O. The van der Waals surface area contributed by atoms with Gasteiger partial charge in [-0.2, -0.15) is 13.9 Å². The van der Waals surface area contributed by atoms with Crippen molar-refractivity contribution >= 4 is 0 Å². The summed E-state index contributed by atoms with van der Waals surface area (Å²) in [5.74, 6) is 0. The summed E-state index contributed by atoms with van der Waals surface area (Å²) in [5, 5.41) is 9.09. The van der Waals surface area contributed by atoms with E-state index in [-0.39, 0.29) is 0 Å². The molecule has 0 aliphatic heterocycles. The molecular weight excluding hydrogens is 109 g/mol. The number of halogens is 3. The van der Waals surface area contributed by atoms with Crippen molar-refractivity contribution in [3.05, 3.63) is 0 Å². The molecule has 43 valence electrons. The highest BCUT2D eigenvalue weighted by atomic mass is 19.3. The fourth-order valence-electron chi connectivity index (χ4n) is 0. The molecule has 0 aromatic heterocycles. The first kappa shape index (κ1) is 6.75. The molecule has 0 aromatic carbocycles. The van der Waals surface area contributed by atoms with Crippen molar-refractivity contribution in [3.63, 3.8) is 0 Å². The largest absolute Gasteiger partial charge is 0.411 e. The van der Waals surface area contributed by atoms with Gasteiger partial charge < -0.3 is 0 Å². The molecule has 1 nitrogen and oxygen atoms in total. The van der Waals surface area contributed by atoms with E-state index in [0.29, 0.717) is 6.92 Å². The lowest BCUT2D eigenvalue weighted by atomic mass is 10.4. The van der Waals surface area contributed by atoms with Crippen LogP contribution in [0.2, 0.25) is 0 Å². The molecule has 0 aliphatic rings. The summed E-state index contributed by atoms with van der Waals surface area (Å²) in [6.45, 7) is 0.521. The summed E-state index contributed by atoms with van der Waals surface area (Å²) in [7, 11) is 0. The molecule has 1 unspecified atom stereocenters. The normalized spacial score (nSPS) is 16.7. The van der Waals surface area contributed by atoms with Gasteiger partial charge in [-0.15, -0.1) is 0 Å². The summed E-state index contributed by atoms with van der Waals surface area (Å²) < 4.78 is 33.0. The second-order valence-corrected chi connectivity index (χ2v) is 1.18. The van der Waals surface area contributed by atoms with E-state index in [0.717, 1.165) is 0 Å². The molecule has 4 heteroatoms. The molecule has 0 saturated heterocycles. The van der Waals surface area contributed by atoms with E-state index >= 15 is 0 Å². The van der Waals surface area contributed by atoms with Gasteiger partial charge in [0.25, 0.3) is 0 Å². The van der Waals surface area contributed by atoms with Crippen LogP contribution < -0.4 is 0 Å². The topological polar surface area (TPSA) is 19.9 Å². The van der Waals surface area contributed by atoms with E-state index in [4.69, 9.17) is 5.11 Å². The fraction of sp³-hybridized carbons (Fsp3) is 1.00. The highest BCUT2D eigenvalue weighted by molar-refractivity contribution is 4.54. The van der Waals surface area contributed by atoms with E-state index in [2.05, 4.69) is 0 Å². The van der Waals surface area contributed by atoms with Gasteiger partial charge in [-0.3, -0.25) is 0 Å². The Morgan fingerprint density at radius 2 is 1.71 bits per heavy atom. The van der Waals surface area contributed by atoms with Gasteiger partial charge in [0.2, 0.25) is 0 Å². The molecule has 0 heterocycles. The van der Waals surface area contributed by atoms with Crippen molar-refractivity contribution in [2.75, 3.05) is 0 Å². The molecule has 0 bridgehead atoms. The maximum Gasteiger partial charge on any atom is 0.411 e. The number of rotatable bonds is 1. The van der Waals surface area contributed by atoms with Crippen LogP contribution in [0.1, 0.15) is 6.92 Å². The highest BCUT2D eigenvalue weighted by Gasteiger charge is 2.35. The summed E-state index contributed by atoms with van der Waals surface area (Å²) in [6, 6.07) is 0. The average molecular weight is 113 g/mol. The molecule has 0 aromatic rings. The molecule has 1 radical (unpaired) electrons. The molecule has 0 rings (SSSR count). The molecule has 0 aliphatic carbocycles. The second kappa shape index (κ2) is 1.69. The quantitative estimate of drug-likeness (QED) is 0.489. The van der Waals surface area contributed by atoms with Crippen LogP contribution in [0.3, 0.4) is 0 Å². The maximum atomic E-state index is 11.1. The van der Waals surface area contributed by atoms with Crippen LogP contribution in [0, 0.1) is 0 Å². The van der Waals surface area contributed by atoms with Gasteiger partial charge in [0.15, 0.2) is 6.17 Å². The van der Waals surface area contributed by atoms with Crippen LogP contribution in [0.25, 0.3) is 0 Å². The number of alkyl halides is 3. The van der Waals surface area contributed by atoms with Gasteiger partial charge in [-0.25, -0.2) is 4.39 Å². The van der Waals surface area contributed by atoms with Crippen molar-refractivity contribution in [1.82, 2.24) is 0 Å². The van der Waals surface area contributed by atoms with Gasteiger partial charge in [0, 0.05) is 0 Å². The lowest BCUT2D eigenvalue weighted by Gasteiger charge is -2.04. The predicted octanol–water partition coefficient (Wildman–Crippen LogP) is 1.37. The number of hydrogen-bond acceptors (Lipinski definition) is 0. The monoisotopic (exact) mass is 113 g/mol. The van der Waals surface area contributed by atoms with Gasteiger partial charge in [-0.05, 0) is 6.92 Å². The smallest absolute Gasteiger partial charge is 0.238 e.